The van der Waals surface area contributed by atoms with Gasteiger partial charge in [-0.2, -0.15) is 0 Å². The van der Waals surface area contributed by atoms with Crippen LogP contribution < -0.4 is 15.8 Å². The van der Waals surface area contributed by atoms with Gasteiger partial charge in [0.1, 0.15) is 5.75 Å². The van der Waals surface area contributed by atoms with Gasteiger partial charge >= 0.3 is 6.36 Å². The summed E-state index contributed by atoms with van der Waals surface area (Å²) in [5.41, 5.74) is 6.50. The third-order valence-corrected chi connectivity index (χ3v) is 5.35. The molecule has 1 aliphatic carbocycles. The summed E-state index contributed by atoms with van der Waals surface area (Å²) in [6.45, 7) is 0.572. The number of carbonyl (C=O) groups excluding carboxylic acids is 1. The zero-order chi connectivity index (χ0) is 18.0. The van der Waals surface area contributed by atoms with Crippen LogP contribution in [0.3, 0.4) is 0 Å². The number of alkyl halides is 3. The molecule has 4 atom stereocenters. The number of carbonyl (C=O) groups is 1. The summed E-state index contributed by atoms with van der Waals surface area (Å²) >= 11 is 0. The van der Waals surface area contributed by atoms with Gasteiger partial charge in [-0.05, 0) is 61.8 Å². The molecule has 0 radical (unpaired) electrons. The molecule has 0 aromatic heterocycles. The summed E-state index contributed by atoms with van der Waals surface area (Å²) in [5, 5.41) is 3.11. The summed E-state index contributed by atoms with van der Waals surface area (Å²) in [6, 6.07) is 6.01. The van der Waals surface area contributed by atoms with Crippen molar-refractivity contribution in [3.8, 4) is 5.75 Å². The first-order chi connectivity index (χ1) is 11.9. The molecule has 0 bridgehead atoms. The number of ether oxygens (including phenoxy) is 1. The molecule has 138 valence electrons. The van der Waals surface area contributed by atoms with E-state index in [9.17, 15) is 18.0 Å². The number of piperidine rings is 1. The highest BCUT2D eigenvalue weighted by Gasteiger charge is 2.40. The fraction of sp³-hybridized carbons (Fsp3) is 0.611. The Morgan fingerprint density at radius 3 is 2.80 bits per heavy atom. The summed E-state index contributed by atoms with van der Waals surface area (Å²) in [4.78, 5) is 12.5. The molecule has 25 heavy (non-hydrogen) atoms. The number of rotatable bonds is 4. The van der Waals surface area contributed by atoms with E-state index in [2.05, 4.69) is 10.1 Å². The highest BCUT2D eigenvalue weighted by atomic mass is 19.4. The molecule has 3 N–H and O–H groups in total. The van der Waals surface area contributed by atoms with E-state index < -0.39 is 6.36 Å². The fourth-order valence-electron chi connectivity index (χ4n) is 4.24. The maximum absolute atomic E-state index is 12.5. The van der Waals surface area contributed by atoms with Gasteiger partial charge in [-0.15, -0.1) is 13.2 Å². The van der Waals surface area contributed by atoms with Crippen LogP contribution in [0.2, 0.25) is 0 Å². The minimum Gasteiger partial charge on any atom is -0.406 e. The topological polar surface area (TPSA) is 64.3 Å². The van der Waals surface area contributed by atoms with E-state index in [0.29, 0.717) is 30.4 Å². The van der Waals surface area contributed by atoms with Crippen molar-refractivity contribution in [3.63, 3.8) is 0 Å². The second-order valence-corrected chi connectivity index (χ2v) is 7.05. The van der Waals surface area contributed by atoms with Crippen molar-refractivity contribution in [1.82, 2.24) is 5.32 Å². The van der Waals surface area contributed by atoms with E-state index in [4.69, 9.17) is 5.73 Å². The van der Waals surface area contributed by atoms with Crippen molar-refractivity contribution in [2.75, 3.05) is 6.54 Å². The predicted octanol–water partition coefficient (Wildman–Crippen LogP) is 3.01. The Morgan fingerprint density at radius 1 is 1.28 bits per heavy atom. The van der Waals surface area contributed by atoms with Crippen LogP contribution in [0.25, 0.3) is 0 Å². The van der Waals surface area contributed by atoms with Crippen LogP contribution in [-0.4, -0.2) is 24.9 Å². The molecule has 1 heterocycles. The lowest BCUT2D eigenvalue weighted by molar-refractivity contribution is -0.274. The normalized spacial score (nSPS) is 29.7. The van der Waals surface area contributed by atoms with Gasteiger partial charge < -0.3 is 15.8 Å². The van der Waals surface area contributed by atoms with E-state index >= 15 is 0 Å². The van der Waals surface area contributed by atoms with Gasteiger partial charge in [0.25, 0.3) is 0 Å². The zero-order valence-corrected chi connectivity index (χ0v) is 13.9. The first-order valence-corrected chi connectivity index (χ1v) is 8.71. The first kappa shape index (κ1) is 18.0. The highest BCUT2D eigenvalue weighted by molar-refractivity contribution is 5.80. The van der Waals surface area contributed by atoms with Gasteiger partial charge in [0.15, 0.2) is 0 Å². The first-order valence-electron chi connectivity index (χ1n) is 8.71. The minimum atomic E-state index is -4.71. The van der Waals surface area contributed by atoms with Crippen molar-refractivity contribution in [2.45, 2.75) is 44.5 Å². The number of fused-ring (bicyclic) bond motifs is 1. The maximum atomic E-state index is 12.5. The lowest BCUT2D eigenvalue weighted by Crippen LogP contribution is -2.56. The summed E-state index contributed by atoms with van der Waals surface area (Å²) < 4.78 is 41.0. The standard InChI is InChI=1S/C18H23F3N2O2/c19-18(20,21)25-15-6-1-3-11(8-15)7-14-9-12-4-2-5-13(10-22)16(12)23-17(14)24/h1,3,6,8,12-14,16H,2,4-5,7,9-10,22H2,(H,23,24). The Balaban J connectivity index is 1.67. The average Bonchev–Trinajstić information content (AvgIpc) is 2.54. The third kappa shape index (κ3) is 4.45. The second kappa shape index (κ2) is 7.23. The van der Waals surface area contributed by atoms with Crippen LogP contribution in [-0.2, 0) is 11.2 Å². The van der Waals surface area contributed by atoms with Gasteiger partial charge in [-0.3, -0.25) is 4.79 Å². The number of halogens is 3. The van der Waals surface area contributed by atoms with Gasteiger partial charge in [-0.25, -0.2) is 0 Å². The highest BCUT2D eigenvalue weighted by Crippen LogP contribution is 2.37. The molecule has 1 amide bonds. The van der Waals surface area contributed by atoms with E-state index in [0.717, 1.165) is 25.7 Å². The van der Waals surface area contributed by atoms with E-state index in [1.54, 1.807) is 6.07 Å². The van der Waals surface area contributed by atoms with Gasteiger partial charge in [0.05, 0.1) is 0 Å². The van der Waals surface area contributed by atoms with Crippen LogP contribution >= 0.6 is 0 Å². The van der Waals surface area contributed by atoms with Crippen LogP contribution in [0.15, 0.2) is 24.3 Å². The average molecular weight is 356 g/mol. The molecule has 2 aliphatic rings. The zero-order valence-electron chi connectivity index (χ0n) is 13.9. The Hall–Kier alpha value is -1.76. The Bertz CT molecular complexity index is 621. The van der Waals surface area contributed by atoms with Crippen molar-refractivity contribution in [3.05, 3.63) is 29.8 Å². The lowest BCUT2D eigenvalue weighted by atomic mass is 9.70. The molecule has 1 saturated heterocycles. The lowest BCUT2D eigenvalue weighted by Gasteiger charge is -2.43. The largest absolute Gasteiger partial charge is 0.573 e. The maximum Gasteiger partial charge on any atom is 0.573 e. The van der Waals surface area contributed by atoms with Crippen molar-refractivity contribution >= 4 is 5.91 Å². The molecule has 2 fully saturated rings. The monoisotopic (exact) mass is 356 g/mol. The molecule has 4 nitrogen and oxygen atoms in total. The van der Waals surface area contributed by atoms with Crippen LogP contribution in [0.5, 0.6) is 5.75 Å². The van der Waals surface area contributed by atoms with Crippen LogP contribution in [0, 0.1) is 17.8 Å². The van der Waals surface area contributed by atoms with Crippen molar-refractivity contribution < 1.29 is 22.7 Å². The molecule has 0 spiro atoms. The van der Waals surface area contributed by atoms with Gasteiger partial charge in [0, 0.05) is 12.0 Å². The number of benzene rings is 1. The minimum absolute atomic E-state index is 0.0243. The van der Waals surface area contributed by atoms with Crippen LogP contribution in [0.4, 0.5) is 13.2 Å². The molecule has 1 aromatic rings. The molecule has 3 rings (SSSR count). The smallest absolute Gasteiger partial charge is 0.406 e. The summed E-state index contributed by atoms with van der Waals surface area (Å²) in [7, 11) is 0. The fourth-order valence-corrected chi connectivity index (χ4v) is 4.24. The van der Waals surface area contributed by atoms with E-state index in [1.165, 1.54) is 18.2 Å². The van der Waals surface area contributed by atoms with E-state index in [1.807, 2.05) is 0 Å². The third-order valence-electron chi connectivity index (χ3n) is 5.35. The summed E-state index contributed by atoms with van der Waals surface area (Å²) in [5.74, 6) is 0.231. The number of hydrogen-bond acceptors (Lipinski definition) is 3. The number of nitrogens with two attached hydrogens (primary N) is 1. The molecule has 1 aliphatic heterocycles. The summed E-state index contributed by atoms with van der Waals surface area (Å²) in [6.07, 6.45) is -0.322. The molecular weight excluding hydrogens is 333 g/mol. The number of nitrogens with one attached hydrogen (secondary N) is 1. The molecular formula is C18H23F3N2O2. The van der Waals surface area contributed by atoms with Gasteiger partial charge in [-0.1, -0.05) is 18.6 Å². The van der Waals surface area contributed by atoms with Crippen LogP contribution in [0.1, 0.15) is 31.2 Å². The number of amides is 1. The van der Waals surface area contributed by atoms with Crippen molar-refractivity contribution in [1.29, 1.82) is 0 Å². The predicted molar refractivity (Wildman–Crippen MR) is 86.8 cm³/mol. The molecule has 1 saturated carbocycles. The van der Waals surface area contributed by atoms with E-state index in [-0.39, 0.29) is 23.6 Å². The molecule has 1 aromatic carbocycles. The SMILES string of the molecule is NCC1CCCC2CC(Cc3cccc(OC(F)(F)F)c3)C(=O)NC12. The Morgan fingerprint density at radius 2 is 2.08 bits per heavy atom. The quantitative estimate of drug-likeness (QED) is 0.872. The van der Waals surface area contributed by atoms with Gasteiger partial charge in [0.2, 0.25) is 5.91 Å². The molecule has 7 heteroatoms. The number of hydrogen-bond donors (Lipinski definition) is 2. The second-order valence-electron chi connectivity index (χ2n) is 7.05. The van der Waals surface area contributed by atoms with Crippen molar-refractivity contribution in [2.24, 2.45) is 23.5 Å². The Kier molecular flexibility index (Phi) is 5.22. The Labute approximate surface area is 144 Å². The molecule has 4 unspecified atom stereocenters.